The molecule has 2 fully saturated rings. The number of carboxylic acids is 1. The second-order valence-corrected chi connectivity index (χ2v) is 4.84. The Morgan fingerprint density at radius 3 is 2.38 bits per heavy atom. The van der Waals surface area contributed by atoms with E-state index in [0.29, 0.717) is 18.9 Å². The monoisotopic (exact) mass is 228 g/mol. The van der Waals surface area contributed by atoms with Gasteiger partial charge in [0, 0.05) is 32.3 Å². The summed E-state index contributed by atoms with van der Waals surface area (Å²) < 4.78 is 5.32. The Morgan fingerprint density at radius 2 is 1.88 bits per heavy atom. The van der Waals surface area contributed by atoms with E-state index >= 15 is 0 Å². The molecule has 2 aliphatic heterocycles. The number of nitrogens with zero attached hydrogens (tertiary/aromatic N) is 1. The van der Waals surface area contributed by atoms with Crippen molar-refractivity contribution in [2.45, 2.75) is 37.3 Å². The first-order chi connectivity index (χ1) is 7.62. The van der Waals surface area contributed by atoms with Crippen molar-refractivity contribution in [3.63, 3.8) is 0 Å². The zero-order chi connectivity index (χ0) is 11.6. The molecule has 2 saturated heterocycles. The zero-order valence-corrected chi connectivity index (χ0v) is 9.52. The van der Waals surface area contributed by atoms with Crippen LogP contribution >= 0.6 is 0 Å². The van der Waals surface area contributed by atoms with Crippen molar-refractivity contribution in [3.8, 4) is 0 Å². The Labute approximate surface area is 95.5 Å². The summed E-state index contributed by atoms with van der Waals surface area (Å²) in [5, 5.41) is 9.03. The van der Waals surface area contributed by atoms with Gasteiger partial charge in [-0.1, -0.05) is 0 Å². The summed E-state index contributed by atoms with van der Waals surface area (Å²) in [5.74, 6) is -0.862. The van der Waals surface area contributed by atoms with E-state index in [2.05, 4.69) is 4.90 Å². The predicted octanol–water partition coefficient (Wildman–Crippen LogP) is 0.0433. The van der Waals surface area contributed by atoms with Crippen LogP contribution in [0.1, 0.15) is 25.7 Å². The zero-order valence-electron chi connectivity index (χ0n) is 9.52. The standard InChI is InChI=1S/C11H20N2O3/c12-11(10(14)15)3-5-13(6-4-11)9-1-7-16-8-2-9/h9H,1-8,12H2,(H,14,15). The predicted molar refractivity (Wildman–Crippen MR) is 59.2 cm³/mol. The Bertz CT molecular complexity index is 256. The molecule has 0 spiro atoms. The number of carbonyl (C=O) groups is 1. The van der Waals surface area contributed by atoms with Crippen LogP contribution < -0.4 is 5.73 Å². The lowest BCUT2D eigenvalue weighted by Gasteiger charge is -2.41. The maximum Gasteiger partial charge on any atom is 0.323 e. The lowest BCUT2D eigenvalue weighted by Crippen LogP contribution is -2.57. The number of nitrogens with two attached hydrogens (primary N) is 1. The van der Waals surface area contributed by atoms with Crippen LogP contribution in [-0.2, 0) is 9.53 Å². The molecule has 0 amide bonds. The molecule has 2 rings (SSSR count). The Kier molecular flexibility index (Phi) is 3.47. The quantitative estimate of drug-likeness (QED) is 0.698. The van der Waals surface area contributed by atoms with Crippen molar-refractivity contribution in [2.24, 2.45) is 5.73 Å². The van der Waals surface area contributed by atoms with Crippen molar-refractivity contribution in [1.82, 2.24) is 4.90 Å². The third kappa shape index (κ3) is 2.36. The number of ether oxygens (including phenoxy) is 1. The lowest BCUT2D eigenvalue weighted by atomic mass is 9.87. The van der Waals surface area contributed by atoms with E-state index in [1.165, 1.54) is 0 Å². The maximum atomic E-state index is 11.0. The van der Waals surface area contributed by atoms with Crippen LogP contribution in [0.5, 0.6) is 0 Å². The molecule has 2 aliphatic rings. The van der Waals surface area contributed by atoms with Crippen LogP contribution in [-0.4, -0.2) is 53.9 Å². The Hall–Kier alpha value is -0.650. The van der Waals surface area contributed by atoms with Crippen molar-refractivity contribution in [3.05, 3.63) is 0 Å². The van der Waals surface area contributed by atoms with Gasteiger partial charge in [-0.05, 0) is 25.7 Å². The van der Waals surface area contributed by atoms with Gasteiger partial charge in [0.25, 0.3) is 0 Å². The number of hydrogen-bond donors (Lipinski definition) is 2. The maximum absolute atomic E-state index is 11.0. The van der Waals surface area contributed by atoms with Gasteiger partial charge in [-0.25, -0.2) is 0 Å². The molecule has 0 aliphatic carbocycles. The molecule has 3 N–H and O–H groups in total. The van der Waals surface area contributed by atoms with Crippen molar-refractivity contribution in [2.75, 3.05) is 26.3 Å². The first-order valence-electron chi connectivity index (χ1n) is 5.96. The van der Waals surface area contributed by atoms with Crippen LogP contribution in [0.4, 0.5) is 0 Å². The molecule has 0 aromatic heterocycles. The van der Waals surface area contributed by atoms with E-state index < -0.39 is 11.5 Å². The van der Waals surface area contributed by atoms with Gasteiger partial charge in [0.15, 0.2) is 0 Å². The fourth-order valence-electron chi connectivity index (χ4n) is 2.55. The van der Waals surface area contributed by atoms with Crippen LogP contribution in [0, 0.1) is 0 Å². The van der Waals surface area contributed by atoms with E-state index in [9.17, 15) is 4.79 Å². The van der Waals surface area contributed by atoms with E-state index in [0.717, 1.165) is 39.1 Å². The van der Waals surface area contributed by atoms with Crippen molar-refractivity contribution in [1.29, 1.82) is 0 Å². The van der Waals surface area contributed by atoms with Crippen molar-refractivity contribution >= 4 is 5.97 Å². The normalized spacial score (nSPS) is 27.8. The lowest BCUT2D eigenvalue weighted by molar-refractivity contribution is -0.145. The second-order valence-electron chi connectivity index (χ2n) is 4.84. The third-order valence-corrected chi connectivity index (χ3v) is 3.82. The summed E-state index contributed by atoms with van der Waals surface area (Å²) in [7, 11) is 0. The fraction of sp³-hybridized carbons (Fsp3) is 0.909. The number of rotatable bonds is 2. The van der Waals surface area contributed by atoms with E-state index in [-0.39, 0.29) is 0 Å². The molecule has 5 nitrogen and oxygen atoms in total. The van der Waals surface area contributed by atoms with Gasteiger partial charge in [-0.15, -0.1) is 0 Å². The van der Waals surface area contributed by atoms with Crippen LogP contribution in [0.25, 0.3) is 0 Å². The highest BCUT2D eigenvalue weighted by Gasteiger charge is 2.39. The minimum atomic E-state index is -0.998. The largest absolute Gasteiger partial charge is 0.480 e. The van der Waals surface area contributed by atoms with Crippen LogP contribution in [0.3, 0.4) is 0 Å². The van der Waals surface area contributed by atoms with Crippen LogP contribution in [0.2, 0.25) is 0 Å². The first-order valence-corrected chi connectivity index (χ1v) is 5.96. The minimum absolute atomic E-state index is 0.555. The first kappa shape index (κ1) is 11.8. The highest BCUT2D eigenvalue weighted by atomic mass is 16.5. The number of piperidine rings is 1. The summed E-state index contributed by atoms with van der Waals surface area (Å²) >= 11 is 0. The third-order valence-electron chi connectivity index (χ3n) is 3.82. The van der Waals surface area contributed by atoms with Gasteiger partial charge in [-0.2, -0.15) is 0 Å². The molecule has 0 unspecified atom stereocenters. The molecule has 0 saturated carbocycles. The molecule has 0 radical (unpaired) electrons. The summed E-state index contributed by atoms with van der Waals surface area (Å²) in [5.41, 5.74) is 4.84. The molecule has 2 heterocycles. The molecule has 16 heavy (non-hydrogen) atoms. The minimum Gasteiger partial charge on any atom is -0.480 e. The molecular formula is C11H20N2O3. The van der Waals surface area contributed by atoms with Gasteiger partial charge in [0.2, 0.25) is 0 Å². The van der Waals surface area contributed by atoms with Gasteiger partial charge in [0.1, 0.15) is 5.54 Å². The van der Waals surface area contributed by atoms with E-state index in [1.54, 1.807) is 0 Å². The molecule has 0 atom stereocenters. The SMILES string of the molecule is NC1(C(=O)O)CCN(C2CCOCC2)CC1. The highest BCUT2D eigenvalue weighted by Crippen LogP contribution is 2.24. The molecule has 5 heteroatoms. The topological polar surface area (TPSA) is 75.8 Å². The number of hydrogen-bond acceptors (Lipinski definition) is 4. The van der Waals surface area contributed by atoms with Crippen molar-refractivity contribution < 1.29 is 14.6 Å². The summed E-state index contributed by atoms with van der Waals surface area (Å²) in [6.45, 7) is 3.25. The van der Waals surface area contributed by atoms with E-state index in [1.807, 2.05) is 0 Å². The average Bonchev–Trinajstić information content (AvgIpc) is 2.31. The smallest absolute Gasteiger partial charge is 0.323 e. The van der Waals surface area contributed by atoms with Crippen LogP contribution in [0.15, 0.2) is 0 Å². The Morgan fingerprint density at radius 1 is 1.31 bits per heavy atom. The molecular weight excluding hydrogens is 208 g/mol. The summed E-state index contributed by atoms with van der Waals surface area (Å²) in [6, 6.07) is 0.562. The van der Waals surface area contributed by atoms with Gasteiger partial charge in [-0.3, -0.25) is 4.79 Å². The number of likely N-dealkylation sites (tertiary alicyclic amines) is 1. The van der Waals surface area contributed by atoms with E-state index in [4.69, 9.17) is 15.6 Å². The highest BCUT2D eigenvalue weighted by molar-refractivity contribution is 5.78. The average molecular weight is 228 g/mol. The van der Waals surface area contributed by atoms with Gasteiger partial charge >= 0.3 is 5.97 Å². The Balaban J connectivity index is 1.87. The van der Waals surface area contributed by atoms with Gasteiger partial charge < -0.3 is 20.5 Å². The summed E-state index contributed by atoms with van der Waals surface area (Å²) in [4.78, 5) is 13.4. The van der Waals surface area contributed by atoms with Gasteiger partial charge in [0.05, 0.1) is 0 Å². The second kappa shape index (κ2) is 4.69. The summed E-state index contributed by atoms with van der Waals surface area (Å²) in [6.07, 6.45) is 3.23. The molecule has 0 bridgehead atoms. The number of aliphatic carboxylic acids is 1. The fourth-order valence-corrected chi connectivity index (χ4v) is 2.55. The molecule has 0 aromatic carbocycles. The molecule has 0 aromatic rings. The number of carboxylic acid groups (broad SMARTS) is 1. The molecule has 92 valence electrons.